The lowest BCUT2D eigenvalue weighted by Crippen LogP contribution is -2.08. The number of halogens is 3. The number of carboxylic acids is 1. The van der Waals surface area contributed by atoms with Crippen LogP contribution in [0.3, 0.4) is 0 Å². The van der Waals surface area contributed by atoms with Gasteiger partial charge in [-0.25, -0.2) is 9.78 Å². The molecule has 0 atom stereocenters. The minimum atomic E-state index is -4.44. The number of carboxylic acid groups (broad SMARTS) is 1. The Morgan fingerprint density at radius 1 is 1.06 bits per heavy atom. The van der Waals surface area contributed by atoms with Crippen molar-refractivity contribution in [1.29, 1.82) is 0 Å². The van der Waals surface area contributed by atoms with Crippen molar-refractivity contribution in [2.45, 2.75) is 39.7 Å². The van der Waals surface area contributed by atoms with Crippen molar-refractivity contribution in [2.24, 2.45) is 0 Å². The standard InChI is InChI=1S/C24H24F3NO5/c1-15-6-3-8-18(21(15)23(29)30)13-31-10-5-11-32-14-20-16(2)33-22(28-20)17-7-4-9-19(12-17)24(25,26)27/h3-4,6-9,12H,5,10-11,13-14H2,1-2H3,(H,29,30). The van der Waals surface area contributed by atoms with Crippen LogP contribution in [-0.4, -0.2) is 29.3 Å². The molecule has 2 aromatic carbocycles. The van der Waals surface area contributed by atoms with Gasteiger partial charge in [-0.3, -0.25) is 0 Å². The number of oxazole rings is 1. The molecule has 0 aliphatic heterocycles. The summed E-state index contributed by atoms with van der Waals surface area (Å²) >= 11 is 0. The molecule has 1 aromatic heterocycles. The fraction of sp³-hybridized carbons (Fsp3) is 0.333. The summed E-state index contributed by atoms with van der Waals surface area (Å²) in [6.07, 6.45) is -3.87. The van der Waals surface area contributed by atoms with E-state index in [0.29, 0.717) is 42.2 Å². The highest BCUT2D eigenvalue weighted by molar-refractivity contribution is 5.91. The molecule has 0 unspecified atom stereocenters. The van der Waals surface area contributed by atoms with Gasteiger partial charge in [0.15, 0.2) is 0 Å². The molecule has 0 saturated heterocycles. The molecular weight excluding hydrogens is 439 g/mol. The van der Waals surface area contributed by atoms with E-state index in [4.69, 9.17) is 13.9 Å². The van der Waals surface area contributed by atoms with Crippen LogP contribution in [0, 0.1) is 13.8 Å². The number of carbonyl (C=O) groups is 1. The number of benzene rings is 2. The lowest BCUT2D eigenvalue weighted by molar-refractivity contribution is -0.137. The number of ether oxygens (including phenoxy) is 2. The van der Waals surface area contributed by atoms with E-state index < -0.39 is 17.7 Å². The number of rotatable bonds is 10. The van der Waals surface area contributed by atoms with Gasteiger partial charge in [0.25, 0.3) is 0 Å². The largest absolute Gasteiger partial charge is 0.478 e. The molecule has 0 aliphatic carbocycles. The maximum Gasteiger partial charge on any atom is 0.416 e. The number of aromatic carboxylic acids is 1. The van der Waals surface area contributed by atoms with Crippen LogP contribution in [0.2, 0.25) is 0 Å². The van der Waals surface area contributed by atoms with Crippen molar-refractivity contribution in [3.63, 3.8) is 0 Å². The summed E-state index contributed by atoms with van der Waals surface area (Å²) in [6.45, 7) is 4.49. The SMILES string of the molecule is Cc1cccc(COCCCOCc2nc(-c3cccc(C(F)(F)F)c3)oc2C)c1C(=O)O. The summed E-state index contributed by atoms with van der Waals surface area (Å²) in [6, 6.07) is 10.1. The molecule has 0 aliphatic rings. The van der Waals surface area contributed by atoms with Gasteiger partial charge in [-0.15, -0.1) is 0 Å². The van der Waals surface area contributed by atoms with Crippen LogP contribution in [0.15, 0.2) is 46.9 Å². The fourth-order valence-corrected chi connectivity index (χ4v) is 3.28. The van der Waals surface area contributed by atoms with Crippen LogP contribution < -0.4 is 0 Å². The van der Waals surface area contributed by atoms with Crippen molar-refractivity contribution in [1.82, 2.24) is 4.98 Å². The summed E-state index contributed by atoms with van der Waals surface area (Å²) in [5, 5.41) is 9.33. The first-order valence-electron chi connectivity index (χ1n) is 10.3. The highest BCUT2D eigenvalue weighted by Crippen LogP contribution is 2.32. The topological polar surface area (TPSA) is 81.8 Å². The van der Waals surface area contributed by atoms with E-state index in [2.05, 4.69) is 4.98 Å². The van der Waals surface area contributed by atoms with Crippen LogP contribution in [0.1, 0.15) is 44.9 Å². The number of hydrogen-bond acceptors (Lipinski definition) is 5. The Morgan fingerprint density at radius 3 is 2.45 bits per heavy atom. The smallest absolute Gasteiger partial charge is 0.416 e. The Kier molecular flexibility index (Phi) is 7.88. The van der Waals surface area contributed by atoms with Gasteiger partial charge in [-0.05, 0) is 49.6 Å². The lowest BCUT2D eigenvalue weighted by Gasteiger charge is -2.09. The zero-order valence-electron chi connectivity index (χ0n) is 18.2. The Morgan fingerprint density at radius 2 is 1.76 bits per heavy atom. The van der Waals surface area contributed by atoms with E-state index in [1.165, 1.54) is 12.1 Å². The third-order valence-electron chi connectivity index (χ3n) is 4.98. The number of aryl methyl sites for hydroxylation is 2. The number of aromatic nitrogens is 1. The molecule has 1 heterocycles. The van der Waals surface area contributed by atoms with Crippen LogP contribution in [0.4, 0.5) is 13.2 Å². The second-order valence-electron chi connectivity index (χ2n) is 7.47. The number of nitrogens with zero attached hydrogens (tertiary/aromatic N) is 1. The summed E-state index contributed by atoms with van der Waals surface area (Å²) in [5.74, 6) is -0.408. The molecule has 176 valence electrons. The first-order chi connectivity index (χ1) is 15.7. The molecule has 1 N–H and O–H groups in total. The highest BCUT2D eigenvalue weighted by atomic mass is 19.4. The third-order valence-corrected chi connectivity index (χ3v) is 4.98. The van der Waals surface area contributed by atoms with Gasteiger partial charge in [0.1, 0.15) is 11.5 Å². The predicted octanol–water partition coefficient (Wildman–Crippen LogP) is 5.80. The van der Waals surface area contributed by atoms with E-state index >= 15 is 0 Å². The summed E-state index contributed by atoms with van der Waals surface area (Å²) in [4.78, 5) is 15.7. The van der Waals surface area contributed by atoms with Gasteiger partial charge >= 0.3 is 12.1 Å². The first-order valence-corrected chi connectivity index (χ1v) is 10.3. The molecule has 3 aromatic rings. The molecule has 0 fully saturated rings. The van der Waals surface area contributed by atoms with Gasteiger partial charge in [-0.1, -0.05) is 24.3 Å². The lowest BCUT2D eigenvalue weighted by atomic mass is 10.0. The summed E-state index contributed by atoms with van der Waals surface area (Å²) in [5.41, 5.74) is 1.53. The van der Waals surface area contributed by atoms with E-state index in [1.807, 2.05) is 0 Å². The normalized spacial score (nSPS) is 11.7. The van der Waals surface area contributed by atoms with Gasteiger partial charge < -0.3 is 19.0 Å². The molecule has 33 heavy (non-hydrogen) atoms. The zero-order valence-corrected chi connectivity index (χ0v) is 18.2. The molecule has 6 nitrogen and oxygen atoms in total. The summed E-state index contributed by atoms with van der Waals surface area (Å²) in [7, 11) is 0. The molecule has 0 amide bonds. The van der Waals surface area contributed by atoms with Gasteiger partial charge in [0.05, 0.1) is 24.3 Å². The van der Waals surface area contributed by atoms with Crippen molar-refractivity contribution >= 4 is 5.97 Å². The number of alkyl halides is 3. The molecule has 9 heteroatoms. The van der Waals surface area contributed by atoms with Crippen molar-refractivity contribution in [3.8, 4) is 11.5 Å². The quantitative estimate of drug-likeness (QED) is 0.383. The van der Waals surface area contributed by atoms with E-state index in [0.717, 1.165) is 12.1 Å². The van der Waals surface area contributed by atoms with Crippen molar-refractivity contribution in [2.75, 3.05) is 13.2 Å². The average molecular weight is 463 g/mol. The monoisotopic (exact) mass is 463 g/mol. The minimum absolute atomic E-state index is 0.105. The molecular formula is C24H24F3NO5. The molecule has 3 rings (SSSR count). The second-order valence-corrected chi connectivity index (χ2v) is 7.47. The van der Waals surface area contributed by atoms with Crippen LogP contribution in [0.5, 0.6) is 0 Å². The highest BCUT2D eigenvalue weighted by Gasteiger charge is 2.30. The average Bonchev–Trinajstić information content (AvgIpc) is 3.13. The summed E-state index contributed by atoms with van der Waals surface area (Å²) < 4.78 is 55.5. The van der Waals surface area contributed by atoms with E-state index in [-0.39, 0.29) is 30.2 Å². The third kappa shape index (κ3) is 6.43. The second kappa shape index (κ2) is 10.6. The zero-order chi connectivity index (χ0) is 24.0. The van der Waals surface area contributed by atoms with Crippen LogP contribution >= 0.6 is 0 Å². The van der Waals surface area contributed by atoms with Crippen molar-refractivity contribution in [3.05, 3.63) is 76.2 Å². The van der Waals surface area contributed by atoms with Crippen molar-refractivity contribution < 1.29 is 37.0 Å². The van der Waals surface area contributed by atoms with Gasteiger partial charge in [-0.2, -0.15) is 13.2 Å². The van der Waals surface area contributed by atoms with Gasteiger partial charge in [0.2, 0.25) is 5.89 Å². The predicted molar refractivity (Wildman–Crippen MR) is 114 cm³/mol. The van der Waals surface area contributed by atoms with E-state index in [1.54, 1.807) is 32.0 Å². The molecule has 0 saturated carbocycles. The Labute approximate surface area is 189 Å². The van der Waals surface area contributed by atoms with Crippen LogP contribution in [0.25, 0.3) is 11.5 Å². The van der Waals surface area contributed by atoms with E-state index in [9.17, 15) is 23.1 Å². The first kappa shape index (κ1) is 24.5. The Balaban J connectivity index is 1.46. The van der Waals surface area contributed by atoms with Gasteiger partial charge in [0, 0.05) is 18.8 Å². The molecule has 0 bridgehead atoms. The Bertz CT molecular complexity index is 1110. The number of hydrogen-bond donors (Lipinski definition) is 1. The maximum atomic E-state index is 12.9. The molecule has 0 radical (unpaired) electrons. The Hall–Kier alpha value is -3.17. The van der Waals surface area contributed by atoms with Crippen LogP contribution in [-0.2, 0) is 28.9 Å². The minimum Gasteiger partial charge on any atom is -0.478 e. The fourth-order valence-electron chi connectivity index (χ4n) is 3.28. The maximum absolute atomic E-state index is 12.9. The molecule has 0 spiro atoms.